The van der Waals surface area contributed by atoms with E-state index in [1.54, 1.807) is 11.5 Å². The molecule has 0 spiro atoms. The predicted octanol–water partition coefficient (Wildman–Crippen LogP) is -1.42. The highest BCUT2D eigenvalue weighted by Gasteiger charge is 2.17. The lowest BCUT2D eigenvalue weighted by atomic mass is 10.4. The second-order valence-corrected chi connectivity index (χ2v) is 6.46. The summed E-state index contributed by atoms with van der Waals surface area (Å²) in [5, 5.41) is 7.24. The van der Waals surface area contributed by atoms with Crippen molar-refractivity contribution in [3.63, 3.8) is 0 Å². The molecule has 1 aliphatic heterocycles. The summed E-state index contributed by atoms with van der Waals surface area (Å²) in [4.78, 5) is 11.9. The highest BCUT2D eigenvalue weighted by atomic mass is 32.2. The molecule has 0 saturated carbocycles. The van der Waals surface area contributed by atoms with Gasteiger partial charge in [0.15, 0.2) is 9.84 Å². The Kier molecular flexibility index (Phi) is 3.34. The van der Waals surface area contributed by atoms with E-state index in [9.17, 15) is 13.2 Å². The molecular weight excluding hydrogens is 244 g/mol. The van der Waals surface area contributed by atoms with Crippen molar-refractivity contribution in [2.24, 2.45) is 0 Å². The van der Waals surface area contributed by atoms with Crippen LogP contribution in [0.3, 0.4) is 0 Å². The van der Waals surface area contributed by atoms with Crippen LogP contribution >= 0.6 is 0 Å². The molecule has 0 atom stereocenters. The third-order valence-corrected chi connectivity index (χ3v) is 4.53. The van der Waals surface area contributed by atoms with Gasteiger partial charge in [-0.05, 0) is 0 Å². The highest BCUT2D eigenvalue weighted by molar-refractivity contribution is 7.91. The molecule has 0 amide bonds. The first-order valence-electron chi connectivity index (χ1n) is 5.61. The third kappa shape index (κ3) is 2.58. The van der Waals surface area contributed by atoms with Crippen LogP contribution < -0.4 is 11.0 Å². The van der Waals surface area contributed by atoms with Crippen molar-refractivity contribution >= 4 is 9.84 Å². The molecule has 0 aliphatic carbocycles. The fraction of sp³-hybridized carbons (Fsp3) is 0.778. The molecule has 1 N–H and O–H groups in total. The average molecular weight is 260 g/mol. The van der Waals surface area contributed by atoms with Crippen molar-refractivity contribution in [1.29, 1.82) is 0 Å². The van der Waals surface area contributed by atoms with E-state index in [2.05, 4.69) is 10.4 Å². The summed E-state index contributed by atoms with van der Waals surface area (Å²) >= 11 is 0. The van der Waals surface area contributed by atoms with Crippen LogP contribution in [-0.4, -0.2) is 40.8 Å². The predicted molar refractivity (Wildman–Crippen MR) is 62.5 cm³/mol. The van der Waals surface area contributed by atoms with E-state index < -0.39 is 9.84 Å². The first-order valence-corrected chi connectivity index (χ1v) is 7.43. The molecule has 2 heterocycles. The Balaban J connectivity index is 2.18. The summed E-state index contributed by atoms with van der Waals surface area (Å²) in [6.07, 6.45) is 0. The summed E-state index contributed by atoms with van der Waals surface area (Å²) in [6.45, 7) is 3.62. The molecule has 0 radical (unpaired) electrons. The lowest BCUT2D eigenvalue weighted by Gasteiger charge is -2.11. The van der Waals surface area contributed by atoms with Crippen molar-refractivity contribution in [3.05, 3.63) is 16.3 Å². The standard InChI is InChI=1S/C9H16N4O3S/c1-2-17(15,16)6-5-13-9(14)12-4-3-10-7-8(12)11-13/h10H,2-7H2,1H3. The maximum Gasteiger partial charge on any atom is 0.346 e. The largest absolute Gasteiger partial charge is 0.346 e. The van der Waals surface area contributed by atoms with Crippen LogP contribution in [0.4, 0.5) is 0 Å². The minimum atomic E-state index is -3.06. The Morgan fingerprint density at radius 2 is 2.24 bits per heavy atom. The minimum Gasteiger partial charge on any atom is -0.308 e. The lowest BCUT2D eigenvalue weighted by Crippen LogP contribution is -2.34. The number of nitrogens with zero attached hydrogens (tertiary/aromatic N) is 3. The molecule has 0 fully saturated rings. The quantitative estimate of drug-likeness (QED) is 0.718. The average Bonchev–Trinajstić information content (AvgIpc) is 2.65. The van der Waals surface area contributed by atoms with Gasteiger partial charge in [0.1, 0.15) is 5.82 Å². The Labute approximate surface area is 99.4 Å². The van der Waals surface area contributed by atoms with Crippen molar-refractivity contribution < 1.29 is 8.42 Å². The number of hydrogen-bond acceptors (Lipinski definition) is 5. The fourth-order valence-corrected chi connectivity index (χ4v) is 2.49. The zero-order chi connectivity index (χ0) is 12.5. The van der Waals surface area contributed by atoms with Crippen LogP contribution in [-0.2, 0) is 29.5 Å². The molecule has 7 nitrogen and oxygen atoms in total. The SMILES string of the molecule is CCS(=O)(=O)CCn1nc2n(c1=O)CCNC2. The minimum absolute atomic E-state index is 0.0344. The van der Waals surface area contributed by atoms with E-state index in [-0.39, 0.29) is 23.7 Å². The van der Waals surface area contributed by atoms with Crippen LogP contribution in [0.2, 0.25) is 0 Å². The highest BCUT2D eigenvalue weighted by Crippen LogP contribution is 1.98. The van der Waals surface area contributed by atoms with E-state index in [4.69, 9.17) is 0 Å². The zero-order valence-corrected chi connectivity index (χ0v) is 10.5. The van der Waals surface area contributed by atoms with Gasteiger partial charge in [-0.25, -0.2) is 17.9 Å². The van der Waals surface area contributed by atoms with Gasteiger partial charge in [-0.3, -0.25) is 4.57 Å². The van der Waals surface area contributed by atoms with Crippen LogP contribution in [0.15, 0.2) is 4.79 Å². The fourth-order valence-electron chi connectivity index (χ4n) is 1.75. The molecule has 8 heteroatoms. The van der Waals surface area contributed by atoms with Gasteiger partial charge in [-0.1, -0.05) is 6.92 Å². The molecule has 2 rings (SSSR count). The monoisotopic (exact) mass is 260 g/mol. The molecule has 0 unspecified atom stereocenters. The molecule has 0 aromatic carbocycles. The van der Waals surface area contributed by atoms with E-state index in [1.807, 2.05) is 0 Å². The smallest absolute Gasteiger partial charge is 0.308 e. The maximum absolute atomic E-state index is 11.9. The van der Waals surface area contributed by atoms with Gasteiger partial charge < -0.3 is 5.32 Å². The number of aryl methyl sites for hydroxylation is 1. The van der Waals surface area contributed by atoms with Gasteiger partial charge in [0.05, 0.1) is 18.8 Å². The second-order valence-electron chi connectivity index (χ2n) is 3.99. The number of nitrogens with one attached hydrogen (secondary N) is 1. The number of aromatic nitrogens is 3. The van der Waals surface area contributed by atoms with Crippen LogP contribution in [0.5, 0.6) is 0 Å². The second kappa shape index (κ2) is 4.61. The van der Waals surface area contributed by atoms with Crippen LogP contribution in [0.1, 0.15) is 12.7 Å². The molecule has 1 aromatic heterocycles. The summed E-state index contributed by atoms with van der Waals surface area (Å²) in [5.74, 6) is 0.736. The molecule has 96 valence electrons. The van der Waals surface area contributed by atoms with Gasteiger partial charge >= 0.3 is 5.69 Å². The van der Waals surface area contributed by atoms with Gasteiger partial charge in [0.25, 0.3) is 0 Å². The summed E-state index contributed by atoms with van der Waals surface area (Å²) < 4.78 is 25.6. The number of hydrogen-bond donors (Lipinski definition) is 1. The Morgan fingerprint density at radius 1 is 1.47 bits per heavy atom. The van der Waals surface area contributed by atoms with Crippen LogP contribution in [0, 0.1) is 0 Å². The topological polar surface area (TPSA) is 86.0 Å². The molecule has 17 heavy (non-hydrogen) atoms. The number of rotatable bonds is 4. The van der Waals surface area contributed by atoms with E-state index in [0.717, 1.165) is 6.54 Å². The third-order valence-electron chi connectivity index (χ3n) is 2.85. The lowest BCUT2D eigenvalue weighted by molar-refractivity contribution is 0.497. The maximum atomic E-state index is 11.9. The van der Waals surface area contributed by atoms with Gasteiger partial charge in [-0.15, -0.1) is 0 Å². The summed E-state index contributed by atoms with van der Waals surface area (Å²) in [7, 11) is -3.06. The van der Waals surface area contributed by atoms with Crippen molar-refractivity contribution in [3.8, 4) is 0 Å². The van der Waals surface area contributed by atoms with E-state index in [1.165, 1.54) is 4.68 Å². The van der Waals surface area contributed by atoms with Crippen molar-refractivity contribution in [2.75, 3.05) is 18.1 Å². The first kappa shape index (κ1) is 12.3. The first-order chi connectivity index (χ1) is 8.03. The molecular formula is C9H16N4O3S. The zero-order valence-electron chi connectivity index (χ0n) is 9.72. The Bertz CT molecular complexity index is 557. The number of fused-ring (bicyclic) bond motifs is 1. The number of sulfone groups is 1. The Hall–Kier alpha value is -1.15. The van der Waals surface area contributed by atoms with Crippen molar-refractivity contribution in [2.45, 2.75) is 26.6 Å². The van der Waals surface area contributed by atoms with Gasteiger partial charge in [0.2, 0.25) is 0 Å². The van der Waals surface area contributed by atoms with Gasteiger partial charge in [-0.2, -0.15) is 5.10 Å². The molecule has 0 bridgehead atoms. The van der Waals surface area contributed by atoms with Crippen LogP contribution in [0.25, 0.3) is 0 Å². The van der Waals surface area contributed by atoms with E-state index >= 15 is 0 Å². The Morgan fingerprint density at radius 3 is 2.88 bits per heavy atom. The molecule has 1 aromatic rings. The molecule has 0 saturated heterocycles. The van der Waals surface area contributed by atoms with E-state index in [0.29, 0.717) is 18.9 Å². The normalized spacial score (nSPS) is 15.8. The van der Waals surface area contributed by atoms with Crippen molar-refractivity contribution in [1.82, 2.24) is 19.7 Å². The molecule has 1 aliphatic rings. The summed E-state index contributed by atoms with van der Waals surface area (Å²) in [5.41, 5.74) is -0.215. The van der Waals surface area contributed by atoms with Gasteiger partial charge in [0, 0.05) is 18.8 Å². The summed E-state index contributed by atoms with van der Waals surface area (Å²) in [6, 6.07) is 0.